The van der Waals surface area contributed by atoms with Crippen LogP contribution in [0.2, 0.25) is 20.5 Å². The maximum Gasteiger partial charge on any atom is 0.207 e. The first-order chi connectivity index (χ1) is 13.1. The minimum atomic E-state index is 0.396. The third-order valence-electron chi connectivity index (χ3n) is 5.72. The number of benzene rings is 3. The lowest BCUT2D eigenvalue weighted by Gasteiger charge is -2.15. The van der Waals surface area contributed by atoms with Gasteiger partial charge >= 0.3 is 0 Å². The summed E-state index contributed by atoms with van der Waals surface area (Å²) in [6.45, 7) is 11.7. The molecule has 1 aliphatic rings. The largest absolute Gasteiger partial charge is 0.207 e. The Morgan fingerprint density at radius 1 is 0.815 bits per heavy atom. The molecule has 0 aromatic heterocycles. The normalized spacial score (nSPS) is 12.2. The van der Waals surface area contributed by atoms with Crippen LogP contribution in [0, 0.1) is 0 Å². The Morgan fingerprint density at radius 2 is 1.48 bits per heavy atom. The van der Waals surface area contributed by atoms with E-state index in [-0.39, 0.29) is 0 Å². The van der Waals surface area contributed by atoms with E-state index >= 15 is 0 Å². The molecule has 27 heavy (non-hydrogen) atoms. The van der Waals surface area contributed by atoms with Gasteiger partial charge in [0.2, 0.25) is 6.71 Å². The van der Waals surface area contributed by atoms with Crippen molar-refractivity contribution in [3.63, 3.8) is 0 Å². The van der Waals surface area contributed by atoms with Crippen LogP contribution in [0.5, 0.6) is 0 Å². The lowest BCUT2D eigenvalue weighted by Crippen LogP contribution is -2.41. The summed E-state index contributed by atoms with van der Waals surface area (Å²) in [5.41, 5.74) is 10.5. The smallest absolute Gasteiger partial charge is 0.0985 e. The summed E-state index contributed by atoms with van der Waals surface area (Å²) in [4.78, 5) is 0. The standard InChI is InChI=1S/C25H24B2/c1-5-18-16-20(12-14-23(18)26(2)3)21-13-15-25-22(17-21)11-10-19-8-6-7-9-24(19)27(25)4/h5-17H,1H2,2-4H3. The average molecular weight is 346 g/mol. The Kier molecular flexibility index (Phi) is 4.66. The predicted octanol–water partition coefficient (Wildman–Crippen LogP) is 4.68. The van der Waals surface area contributed by atoms with Gasteiger partial charge in [0.1, 0.15) is 0 Å². The van der Waals surface area contributed by atoms with Crippen LogP contribution in [0.3, 0.4) is 0 Å². The minimum absolute atomic E-state index is 0.396. The summed E-state index contributed by atoms with van der Waals surface area (Å²) in [5, 5.41) is 0. The van der Waals surface area contributed by atoms with Gasteiger partial charge in [0.05, 0.1) is 0 Å². The van der Waals surface area contributed by atoms with Crippen molar-refractivity contribution in [1.29, 1.82) is 0 Å². The van der Waals surface area contributed by atoms with Gasteiger partial charge in [-0.15, -0.1) is 0 Å². The van der Waals surface area contributed by atoms with Crippen LogP contribution < -0.4 is 16.4 Å². The molecule has 0 nitrogen and oxygen atoms in total. The van der Waals surface area contributed by atoms with E-state index in [2.05, 4.69) is 99.9 Å². The highest BCUT2D eigenvalue weighted by atomic mass is 14.1. The van der Waals surface area contributed by atoms with Crippen molar-refractivity contribution in [2.45, 2.75) is 20.5 Å². The van der Waals surface area contributed by atoms with E-state index < -0.39 is 0 Å². The van der Waals surface area contributed by atoms with Gasteiger partial charge in [-0.1, -0.05) is 110 Å². The Hall–Kier alpha value is -2.73. The summed E-state index contributed by atoms with van der Waals surface area (Å²) in [7, 11) is 0. The number of fused-ring (bicyclic) bond motifs is 2. The van der Waals surface area contributed by atoms with E-state index in [1.807, 2.05) is 6.08 Å². The average Bonchev–Trinajstić information content (AvgIpc) is 2.84. The number of rotatable bonds is 3. The fraction of sp³-hybridized carbons (Fsp3) is 0.120. The Labute approximate surface area is 163 Å². The molecule has 0 amide bonds. The molecule has 3 aromatic carbocycles. The van der Waals surface area contributed by atoms with Crippen LogP contribution in [0.25, 0.3) is 29.4 Å². The highest BCUT2D eigenvalue weighted by Crippen LogP contribution is 2.23. The molecule has 0 bridgehead atoms. The van der Waals surface area contributed by atoms with E-state index in [1.54, 1.807) is 0 Å². The molecule has 0 unspecified atom stereocenters. The van der Waals surface area contributed by atoms with Crippen LogP contribution in [0.15, 0.2) is 67.2 Å². The van der Waals surface area contributed by atoms with Gasteiger partial charge in [-0.05, 0) is 39.9 Å². The fourth-order valence-electron chi connectivity index (χ4n) is 4.15. The second kappa shape index (κ2) is 7.12. The zero-order valence-electron chi connectivity index (χ0n) is 16.4. The van der Waals surface area contributed by atoms with Crippen molar-refractivity contribution in [1.82, 2.24) is 0 Å². The molecule has 0 saturated carbocycles. The maximum atomic E-state index is 4.01. The molecule has 0 spiro atoms. The second-order valence-electron chi connectivity index (χ2n) is 7.73. The van der Waals surface area contributed by atoms with Crippen LogP contribution in [-0.4, -0.2) is 13.4 Å². The maximum absolute atomic E-state index is 4.01. The predicted molar refractivity (Wildman–Crippen MR) is 125 cm³/mol. The SMILES string of the molecule is C=Cc1cc(-c2ccc3c(c2)C=Cc2ccccc2B3C)ccc1B(C)C. The minimum Gasteiger partial charge on any atom is -0.0985 e. The van der Waals surface area contributed by atoms with Gasteiger partial charge in [0.25, 0.3) is 0 Å². The Balaban J connectivity index is 1.79. The number of hydrogen-bond acceptors (Lipinski definition) is 0. The fourth-order valence-corrected chi connectivity index (χ4v) is 4.15. The topological polar surface area (TPSA) is 0 Å². The molecule has 0 fully saturated rings. The van der Waals surface area contributed by atoms with Gasteiger partial charge in [0.15, 0.2) is 6.71 Å². The Bertz CT molecular complexity index is 1040. The van der Waals surface area contributed by atoms with Crippen LogP contribution in [0.1, 0.15) is 16.7 Å². The first kappa shape index (κ1) is 17.7. The molecule has 4 rings (SSSR count). The summed E-state index contributed by atoms with van der Waals surface area (Å²) in [5.74, 6) is 0. The molecular weight excluding hydrogens is 322 g/mol. The monoisotopic (exact) mass is 346 g/mol. The van der Waals surface area contributed by atoms with Gasteiger partial charge in [-0.2, -0.15) is 0 Å². The van der Waals surface area contributed by atoms with Crippen molar-refractivity contribution in [3.05, 3.63) is 83.9 Å². The van der Waals surface area contributed by atoms with Crippen molar-refractivity contribution >= 4 is 48.0 Å². The Morgan fingerprint density at radius 3 is 2.26 bits per heavy atom. The van der Waals surface area contributed by atoms with E-state index in [0.717, 1.165) is 0 Å². The molecule has 0 aliphatic carbocycles. The highest BCUT2D eigenvalue weighted by Gasteiger charge is 2.20. The molecule has 1 heterocycles. The molecule has 0 atom stereocenters. The lowest BCUT2D eigenvalue weighted by atomic mass is 9.41. The van der Waals surface area contributed by atoms with Crippen molar-refractivity contribution in [3.8, 4) is 11.1 Å². The van der Waals surface area contributed by atoms with Gasteiger partial charge in [0, 0.05) is 0 Å². The molecule has 0 N–H and O–H groups in total. The molecule has 0 radical (unpaired) electrons. The molecule has 2 heteroatoms. The zero-order chi connectivity index (χ0) is 19.0. The molecule has 1 aliphatic heterocycles. The second-order valence-corrected chi connectivity index (χ2v) is 7.73. The quantitative estimate of drug-likeness (QED) is 0.604. The van der Waals surface area contributed by atoms with Gasteiger partial charge in [-0.25, -0.2) is 0 Å². The third-order valence-corrected chi connectivity index (χ3v) is 5.72. The first-order valence-corrected chi connectivity index (χ1v) is 9.76. The van der Waals surface area contributed by atoms with Gasteiger partial charge in [-0.3, -0.25) is 0 Å². The van der Waals surface area contributed by atoms with Crippen LogP contribution in [0.4, 0.5) is 0 Å². The first-order valence-electron chi connectivity index (χ1n) is 9.76. The van der Waals surface area contributed by atoms with Gasteiger partial charge < -0.3 is 0 Å². The van der Waals surface area contributed by atoms with Crippen LogP contribution >= 0.6 is 0 Å². The lowest BCUT2D eigenvalue weighted by molar-refractivity contribution is 1.61. The summed E-state index contributed by atoms with van der Waals surface area (Å²) in [6.07, 6.45) is 6.48. The molecule has 130 valence electrons. The van der Waals surface area contributed by atoms with E-state index in [9.17, 15) is 0 Å². The summed E-state index contributed by atoms with van der Waals surface area (Å²) in [6, 6.07) is 22.3. The molecule has 0 saturated heterocycles. The van der Waals surface area contributed by atoms with Crippen LogP contribution in [-0.2, 0) is 0 Å². The van der Waals surface area contributed by atoms with E-state index in [4.69, 9.17) is 0 Å². The molecular formula is C25H24B2. The van der Waals surface area contributed by atoms with E-state index in [1.165, 1.54) is 44.2 Å². The van der Waals surface area contributed by atoms with Crippen molar-refractivity contribution < 1.29 is 0 Å². The number of hydrogen-bond donors (Lipinski definition) is 0. The zero-order valence-corrected chi connectivity index (χ0v) is 16.4. The van der Waals surface area contributed by atoms with Crippen molar-refractivity contribution in [2.24, 2.45) is 0 Å². The third kappa shape index (κ3) is 3.21. The van der Waals surface area contributed by atoms with Crippen molar-refractivity contribution in [2.75, 3.05) is 0 Å². The molecule has 3 aromatic rings. The van der Waals surface area contributed by atoms with E-state index in [0.29, 0.717) is 13.4 Å². The highest BCUT2D eigenvalue weighted by molar-refractivity contribution is 6.85. The summed E-state index contributed by atoms with van der Waals surface area (Å²) >= 11 is 0. The summed E-state index contributed by atoms with van der Waals surface area (Å²) < 4.78 is 0.